The van der Waals surface area contributed by atoms with Gasteiger partial charge in [0.15, 0.2) is 0 Å². The van der Waals surface area contributed by atoms with Gasteiger partial charge in [-0.15, -0.1) is 0 Å². The largest absolute Gasteiger partial charge is 0.494 e. The molecule has 2 fully saturated rings. The number of nitrogens with one attached hydrogen (secondary N) is 1. The van der Waals surface area contributed by atoms with E-state index in [-0.39, 0.29) is 30.7 Å². The summed E-state index contributed by atoms with van der Waals surface area (Å²) in [6, 6.07) is 13.3. The Morgan fingerprint density at radius 2 is 1.84 bits per heavy atom. The van der Waals surface area contributed by atoms with Crippen molar-refractivity contribution in [1.82, 2.24) is 14.8 Å². The van der Waals surface area contributed by atoms with Gasteiger partial charge in [-0.05, 0) is 105 Å². The van der Waals surface area contributed by atoms with Gasteiger partial charge in [-0.3, -0.25) is 9.59 Å². The zero-order valence-electron chi connectivity index (χ0n) is 28.8. The second-order valence-corrected chi connectivity index (χ2v) is 14.1. The second-order valence-electron chi connectivity index (χ2n) is 13.3. The third kappa shape index (κ3) is 9.66. The maximum Gasteiger partial charge on any atom is 0.250 e. The normalized spacial score (nSPS) is 19.2. The molecule has 2 heterocycles. The van der Waals surface area contributed by atoms with Crippen LogP contribution in [0.25, 0.3) is 0 Å². The number of methoxy groups -OCH3 is 1. The van der Waals surface area contributed by atoms with E-state index in [1.165, 1.54) is 10.6 Å². The van der Waals surface area contributed by atoms with Crippen molar-refractivity contribution in [3.05, 3.63) is 96.9 Å². The summed E-state index contributed by atoms with van der Waals surface area (Å²) in [6.45, 7) is 7.38. The van der Waals surface area contributed by atoms with Gasteiger partial charge in [0.2, 0.25) is 5.91 Å². The van der Waals surface area contributed by atoms with Crippen molar-refractivity contribution in [1.29, 1.82) is 0 Å². The lowest BCUT2D eigenvalue weighted by molar-refractivity contribution is -0.150. The monoisotopic (exact) mass is 713 g/mol. The highest BCUT2D eigenvalue weighted by molar-refractivity contribution is 6.36. The van der Waals surface area contributed by atoms with E-state index in [1.54, 1.807) is 19.4 Å². The number of carbonyl (C=O) groups excluding carboxylic acids is 1. The van der Waals surface area contributed by atoms with Crippen LogP contribution in [0, 0.1) is 12.8 Å². The van der Waals surface area contributed by atoms with Crippen molar-refractivity contribution in [2.75, 3.05) is 40.0 Å². The maximum absolute atomic E-state index is 14.4. The van der Waals surface area contributed by atoms with Crippen molar-refractivity contribution in [3.63, 3.8) is 0 Å². The molecule has 49 heavy (non-hydrogen) atoms. The van der Waals surface area contributed by atoms with Crippen molar-refractivity contribution in [3.8, 4) is 5.75 Å². The molecular formula is C38H49Cl2N3O6. The van der Waals surface area contributed by atoms with Gasteiger partial charge in [0.05, 0.1) is 25.7 Å². The average Bonchev–Trinajstić information content (AvgIpc) is 3.92. The number of aliphatic hydroxyl groups is 1. The van der Waals surface area contributed by atoms with Gasteiger partial charge in [0.1, 0.15) is 11.4 Å². The maximum atomic E-state index is 14.4. The van der Waals surface area contributed by atoms with Gasteiger partial charge in [-0.25, -0.2) is 0 Å². The van der Waals surface area contributed by atoms with Crippen LogP contribution in [0.2, 0.25) is 10.0 Å². The predicted octanol–water partition coefficient (Wildman–Crippen LogP) is 6.04. The number of rotatable bonds is 17. The molecule has 0 radical (unpaired) electrons. The first-order chi connectivity index (χ1) is 23.6. The van der Waals surface area contributed by atoms with Gasteiger partial charge >= 0.3 is 0 Å². The molecule has 1 aliphatic carbocycles. The van der Waals surface area contributed by atoms with E-state index < -0.39 is 11.5 Å². The minimum Gasteiger partial charge on any atom is -0.494 e. The summed E-state index contributed by atoms with van der Waals surface area (Å²) >= 11 is 12.7. The minimum absolute atomic E-state index is 0.107. The minimum atomic E-state index is -1.49. The number of benzene rings is 2. The number of nitrogens with zero attached hydrogens (tertiary/aromatic N) is 2. The van der Waals surface area contributed by atoms with Crippen LogP contribution < -0.4 is 15.6 Å². The van der Waals surface area contributed by atoms with Gasteiger partial charge in [-0.2, -0.15) is 0 Å². The zero-order chi connectivity index (χ0) is 35.0. The van der Waals surface area contributed by atoms with Crippen LogP contribution >= 0.6 is 23.2 Å². The quantitative estimate of drug-likeness (QED) is 0.165. The number of carbonyl (C=O) groups is 1. The van der Waals surface area contributed by atoms with Crippen LogP contribution in [0.3, 0.4) is 0 Å². The summed E-state index contributed by atoms with van der Waals surface area (Å²) in [7, 11) is 1.70. The predicted molar refractivity (Wildman–Crippen MR) is 192 cm³/mol. The van der Waals surface area contributed by atoms with Crippen LogP contribution in [0.5, 0.6) is 5.75 Å². The molecular weight excluding hydrogens is 665 g/mol. The van der Waals surface area contributed by atoms with Gasteiger partial charge in [-0.1, -0.05) is 36.2 Å². The number of piperidine rings is 1. The third-order valence-electron chi connectivity index (χ3n) is 9.35. The number of halogens is 2. The highest BCUT2D eigenvalue weighted by Gasteiger charge is 2.48. The molecule has 3 aromatic rings. The molecule has 0 bridgehead atoms. The van der Waals surface area contributed by atoms with E-state index in [1.807, 2.05) is 30.0 Å². The van der Waals surface area contributed by atoms with E-state index in [9.17, 15) is 14.7 Å². The number of hydrogen-bond donors (Lipinski definition) is 2. The summed E-state index contributed by atoms with van der Waals surface area (Å²) in [5, 5.41) is 16.6. The lowest BCUT2D eigenvalue weighted by Crippen LogP contribution is -2.55. The molecule has 0 unspecified atom stereocenters. The molecule has 11 heteroatoms. The Morgan fingerprint density at radius 3 is 2.53 bits per heavy atom. The molecule has 1 aromatic heterocycles. The molecule has 2 aliphatic rings. The Hall–Kier alpha value is -2.92. The Balaban J connectivity index is 1.29. The SMILES string of the molecule is CCCOc1cc(CCCOC)cc(CN(C(=O)[C@H]2CNCC[C@]2(O)c2ccn(CCOCc3c(Cl)cc(C)cc3Cl)c(=O)c2)C2CC2)c1. The van der Waals surface area contributed by atoms with Crippen molar-refractivity contribution in [2.24, 2.45) is 5.92 Å². The van der Waals surface area contributed by atoms with Crippen molar-refractivity contribution in [2.45, 2.75) is 83.7 Å². The lowest BCUT2D eigenvalue weighted by atomic mass is 9.76. The molecule has 1 saturated carbocycles. The number of aromatic nitrogens is 1. The molecule has 9 nitrogen and oxygen atoms in total. The number of pyridine rings is 1. The van der Waals surface area contributed by atoms with E-state index >= 15 is 0 Å². The first kappa shape index (κ1) is 37.3. The second kappa shape index (κ2) is 17.3. The van der Waals surface area contributed by atoms with Crippen LogP contribution in [-0.2, 0) is 46.0 Å². The van der Waals surface area contributed by atoms with E-state index in [0.717, 1.165) is 54.5 Å². The fourth-order valence-electron chi connectivity index (χ4n) is 6.53. The highest BCUT2D eigenvalue weighted by Crippen LogP contribution is 2.39. The highest BCUT2D eigenvalue weighted by atomic mass is 35.5. The van der Waals surface area contributed by atoms with Crippen LogP contribution in [0.15, 0.2) is 53.5 Å². The summed E-state index contributed by atoms with van der Waals surface area (Å²) in [5.41, 5.74) is 2.53. The Morgan fingerprint density at radius 1 is 1.08 bits per heavy atom. The Kier molecular flexibility index (Phi) is 13.2. The Bertz CT molecular complexity index is 1620. The summed E-state index contributed by atoms with van der Waals surface area (Å²) < 4.78 is 18.6. The van der Waals surface area contributed by atoms with Gasteiger partial charge in [0, 0.05) is 67.3 Å². The molecule has 2 atom stereocenters. The molecule has 5 rings (SSSR count). The molecule has 0 spiro atoms. The third-order valence-corrected chi connectivity index (χ3v) is 10.0. The van der Waals surface area contributed by atoms with Crippen molar-refractivity contribution >= 4 is 29.1 Å². The van der Waals surface area contributed by atoms with Gasteiger partial charge < -0.3 is 34.1 Å². The molecule has 1 saturated heterocycles. The van der Waals surface area contributed by atoms with Crippen LogP contribution in [0.1, 0.15) is 66.8 Å². The van der Waals surface area contributed by atoms with Crippen LogP contribution in [-0.4, -0.2) is 66.5 Å². The van der Waals surface area contributed by atoms with E-state index in [4.69, 9.17) is 37.4 Å². The lowest BCUT2D eigenvalue weighted by Gasteiger charge is -2.42. The number of hydrogen-bond acceptors (Lipinski definition) is 7. The Labute approximate surface area is 299 Å². The summed E-state index contributed by atoms with van der Waals surface area (Å²) in [4.78, 5) is 29.6. The number of ether oxygens (including phenoxy) is 3. The smallest absolute Gasteiger partial charge is 0.250 e. The topological polar surface area (TPSA) is 102 Å². The summed E-state index contributed by atoms with van der Waals surface area (Å²) in [6.07, 6.45) is 6.48. The molecule has 266 valence electrons. The number of aryl methyl sites for hydroxylation is 2. The molecule has 1 amide bonds. The van der Waals surface area contributed by atoms with Crippen molar-refractivity contribution < 1.29 is 24.1 Å². The van der Waals surface area contributed by atoms with Crippen LogP contribution in [0.4, 0.5) is 0 Å². The molecule has 1 aliphatic heterocycles. The first-order valence-electron chi connectivity index (χ1n) is 17.3. The standard InChI is InChI=1S/C38H49Cl2N3O6/c1-4-14-49-31-20-27(6-5-15-47-3)19-28(21-31)24-43(30-7-8-30)37(45)33-23-41-11-10-38(33,46)29-9-12-42(36(44)22-29)13-16-48-25-32-34(39)17-26(2)18-35(32)40/h9,12,17-22,30,33,41,46H,4-8,10-11,13-16,23-25H2,1-3H3/t33-,38+/m1/s1. The zero-order valence-corrected chi connectivity index (χ0v) is 30.3. The van der Waals surface area contributed by atoms with E-state index in [0.29, 0.717) is 67.0 Å². The fourth-order valence-corrected chi connectivity index (χ4v) is 7.24. The molecule has 2 aromatic carbocycles. The van der Waals surface area contributed by atoms with E-state index in [2.05, 4.69) is 24.4 Å². The molecule has 2 N–H and O–H groups in total. The first-order valence-corrected chi connectivity index (χ1v) is 18.1. The fraction of sp³-hybridized carbons (Fsp3) is 0.526. The summed E-state index contributed by atoms with van der Waals surface area (Å²) in [5.74, 6) is -0.0475. The van der Waals surface area contributed by atoms with Gasteiger partial charge in [0.25, 0.3) is 5.56 Å². The average molecular weight is 715 g/mol. The number of amides is 1.